The quantitative estimate of drug-likeness (QED) is 0.582. The molecule has 0 saturated carbocycles. The van der Waals surface area contributed by atoms with E-state index >= 15 is 0 Å². The molecule has 1 amide bonds. The average Bonchev–Trinajstić information content (AvgIpc) is 3.23. The number of benzene rings is 1. The summed E-state index contributed by atoms with van der Waals surface area (Å²) in [5, 5.41) is 5.60. The minimum absolute atomic E-state index is 0.150. The van der Waals surface area contributed by atoms with Crippen LogP contribution in [0.3, 0.4) is 0 Å². The van der Waals surface area contributed by atoms with Crippen LogP contribution in [-0.2, 0) is 6.54 Å². The third-order valence-electron chi connectivity index (χ3n) is 3.55. The molecule has 0 aliphatic carbocycles. The maximum absolute atomic E-state index is 12.6. The van der Waals surface area contributed by atoms with E-state index in [2.05, 4.69) is 15.3 Å². The van der Waals surface area contributed by atoms with Crippen LogP contribution in [0.25, 0.3) is 4.96 Å². The monoisotopic (exact) mass is 366 g/mol. The van der Waals surface area contributed by atoms with Crippen molar-refractivity contribution in [2.45, 2.75) is 16.5 Å². The van der Waals surface area contributed by atoms with Crippen LogP contribution in [0.5, 0.6) is 0 Å². The maximum Gasteiger partial charge on any atom is 0.254 e. The van der Waals surface area contributed by atoms with Crippen LogP contribution in [0, 0.1) is 0 Å². The number of nitrogens with zero attached hydrogens (tertiary/aromatic N) is 3. The molecule has 0 unspecified atom stereocenters. The van der Waals surface area contributed by atoms with Gasteiger partial charge in [0.1, 0.15) is 5.03 Å². The molecule has 1 N–H and O–H groups in total. The van der Waals surface area contributed by atoms with Gasteiger partial charge in [-0.1, -0.05) is 30.0 Å². The molecule has 7 heteroatoms. The number of pyridine rings is 1. The molecule has 0 radical (unpaired) electrons. The summed E-state index contributed by atoms with van der Waals surface area (Å²) >= 11 is 3.05. The highest BCUT2D eigenvalue weighted by atomic mass is 32.2. The predicted molar refractivity (Wildman–Crippen MR) is 99.0 cm³/mol. The number of rotatable bonds is 5. The van der Waals surface area contributed by atoms with Gasteiger partial charge in [-0.05, 0) is 24.3 Å². The lowest BCUT2D eigenvalue weighted by molar-refractivity contribution is 0.0947. The van der Waals surface area contributed by atoms with Gasteiger partial charge in [0.15, 0.2) is 4.96 Å². The second-order valence-electron chi connectivity index (χ2n) is 5.28. The normalized spacial score (nSPS) is 10.9. The van der Waals surface area contributed by atoms with Gasteiger partial charge in [-0.2, -0.15) is 0 Å². The number of carbonyl (C=O) groups is 1. The molecule has 0 fully saturated rings. The number of fused-ring (bicyclic) bond motifs is 1. The SMILES string of the molecule is O=C(NCc1cn2ccsc2n1)c1cccnc1Sc1ccccc1. The standard InChI is InChI=1S/C18H14N4OS2/c23-16(20-11-13-12-22-9-10-24-18(22)21-13)15-7-4-8-19-17(15)25-14-5-2-1-3-6-14/h1-10,12H,11H2,(H,20,23). The Morgan fingerprint density at radius 1 is 1.20 bits per heavy atom. The molecular weight excluding hydrogens is 352 g/mol. The molecule has 1 aromatic carbocycles. The molecule has 0 saturated heterocycles. The lowest BCUT2D eigenvalue weighted by Gasteiger charge is -2.08. The fraction of sp³-hybridized carbons (Fsp3) is 0.0556. The number of thiazole rings is 1. The molecule has 4 rings (SSSR count). The number of hydrogen-bond acceptors (Lipinski definition) is 5. The minimum Gasteiger partial charge on any atom is -0.346 e. The Hall–Kier alpha value is -2.64. The average molecular weight is 366 g/mol. The van der Waals surface area contributed by atoms with Gasteiger partial charge in [0.2, 0.25) is 0 Å². The summed E-state index contributed by atoms with van der Waals surface area (Å²) in [7, 11) is 0. The fourth-order valence-corrected chi connectivity index (χ4v) is 3.99. The van der Waals surface area contributed by atoms with E-state index in [0.717, 1.165) is 15.6 Å². The number of aromatic nitrogens is 3. The second-order valence-corrected chi connectivity index (χ2v) is 7.21. The van der Waals surface area contributed by atoms with Gasteiger partial charge >= 0.3 is 0 Å². The first-order valence-corrected chi connectivity index (χ1v) is 9.36. The van der Waals surface area contributed by atoms with E-state index in [-0.39, 0.29) is 5.91 Å². The van der Waals surface area contributed by atoms with Crippen LogP contribution in [-0.4, -0.2) is 20.3 Å². The highest BCUT2D eigenvalue weighted by Crippen LogP contribution is 2.28. The van der Waals surface area contributed by atoms with E-state index in [1.165, 1.54) is 11.8 Å². The van der Waals surface area contributed by atoms with Crippen molar-refractivity contribution >= 4 is 34.0 Å². The van der Waals surface area contributed by atoms with Crippen LogP contribution in [0.1, 0.15) is 16.1 Å². The first-order chi connectivity index (χ1) is 12.3. The molecule has 4 aromatic rings. The number of hydrogen-bond donors (Lipinski definition) is 1. The molecule has 124 valence electrons. The topological polar surface area (TPSA) is 59.3 Å². The van der Waals surface area contributed by atoms with E-state index in [1.54, 1.807) is 29.7 Å². The van der Waals surface area contributed by atoms with Gasteiger partial charge in [-0.25, -0.2) is 9.97 Å². The van der Waals surface area contributed by atoms with Crippen LogP contribution in [0.2, 0.25) is 0 Å². The zero-order chi connectivity index (χ0) is 17.1. The Morgan fingerprint density at radius 2 is 2.08 bits per heavy atom. The smallest absolute Gasteiger partial charge is 0.254 e. The second kappa shape index (κ2) is 7.08. The number of amides is 1. The zero-order valence-corrected chi connectivity index (χ0v) is 14.8. The molecule has 3 heterocycles. The van der Waals surface area contributed by atoms with Crippen molar-refractivity contribution in [1.82, 2.24) is 19.7 Å². The maximum atomic E-state index is 12.6. The first kappa shape index (κ1) is 15.9. The van der Waals surface area contributed by atoms with E-state index in [0.29, 0.717) is 17.1 Å². The van der Waals surface area contributed by atoms with Gasteiger partial charge in [0.25, 0.3) is 5.91 Å². The summed E-state index contributed by atoms with van der Waals surface area (Å²) in [6.45, 7) is 0.386. The van der Waals surface area contributed by atoms with Crippen molar-refractivity contribution in [3.8, 4) is 0 Å². The Labute approximate surface area is 152 Å². The summed E-state index contributed by atoms with van der Waals surface area (Å²) in [6, 6.07) is 13.5. The number of nitrogens with one attached hydrogen (secondary N) is 1. The Kier molecular flexibility index (Phi) is 4.49. The van der Waals surface area contributed by atoms with E-state index in [1.807, 2.05) is 52.5 Å². The summed E-state index contributed by atoms with van der Waals surface area (Å²) in [6.07, 6.45) is 5.58. The summed E-state index contributed by atoms with van der Waals surface area (Å²) in [5.74, 6) is -0.150. The van der Waals surface area contributed by atoms with Crippen molar-refractivity contribution in [2.75, 3.05) is 0 Å². The van der Waals surface area contributed by atoms with Crippen LogP contribution in [0.15, 0.2) is 76.4 Å². The molecule has 0 aliphatic heterocycles. The van der Waals surface area contributed by atoms with Gasteiger partial charge in [0.05, 0.1) is 17.8 Å². The summed E-state index contributed by atoms with van der Waals surface area (Å²) in [4.78, 5) is 23.4. The molecule has 3 aromatic heterocycles. The molecule has 5 nitrogen and oxygen atoms in total. The molecule has 25 heavy (non-hydrogen) atoms. The van der Waals surface area contributed by atoms with E-state index in [4.69, 9.17) is 0 Å². The van der Waals surface area contributed by atoms with Crippen molar-refractivity contribution < 1.29 is 4.79 Å². The third kappa shape index (κ3) is 3.57. The van der Waals surface area contributed by atoms with Gasteiger partial charge in [-0.15, -0.1) is 11.3 Å². The van der Waals surface area contributed by atoms with Crippen LogP contribution >= 0.6 is 23.1 Å². The lowest BCUT2D eigenvalue weighted by Crippen LogP contribution is -2.23. The largest absolute Gasteiger partial charge is 0.346 e. The summed E-state index contributed by atoms with van der Waals surface area (Å²) < 4.78 is 1.95. The third-order valence-corrected chi connectivity index (χ3v) is 5.34. The highest BCUT2D eigenvalue weighted by molar-refractivity contribution is 7.99. The molecule has 0 bridgehead atoms. The molecule has 0 atom stereocenters. The Morgan fingerprint density at radius 3 is 2.92 bits per heavy atom. The van der Waals surface area contributed by atoms with E-state index < -0.39 is 0 Å². The van der Waals surface area contributed by atoms with Crippen LogP contribution in [0.4, 0.5) is 0 Å². The van der Waals surface area contributed by atoms with Crippen LogP contribution < -0.4 is 5.32 Å². The highest BCUT2D eigenvalue weighted by Gasteiger charge is 2.14. The zero-order valence-electron chi connectivity index (χ0n) is 13.1. The van der Waals surface area contributed by atoms with Gasteiger partial charge in [-0.3, -0.25) is 9.20 Å². The van der Waals surface area contributed by atoms with Crippen molar-refractivity contribution in [3.63, 3.8) is 0 Å². The number of carbonyl (C=O) groups excluding carboxylic acids is 1. The molecule has 0 spiro atoms. The molecular formula is C18H14N4OS2. The number of imidazole rings is 1. The van der Waals surface area contributed by atoms with Gasteiger partial charge < -0.3 is 5.32 Å². The van der Waals surface area contributed by atoms with Crippen molar-refractivity contribution in [2.24, 2.45) is 0 Å². The minimum atomic E-state index is -0.150. The predicted octanol–water partition coefficient (Wildman–Crippen LogP) is 3.87. The Bertz CT molecular complexity index is 982. The fourth-order valence-electron chi connectivity index (χ4n) is 2.37. The summed E-state index contributed by atoms with van der Waals surface area (Å²) in [5.41, 5.74) is 1.40. The van der Waals surface area contributed by atoms with Gasteiger partial charge in [0, 0.05) is 28.9 Å². The lowest BCUT2D eigenvalue weighted by atomic mass is 10.2. The van der Waals surface area contributed by atoms with Crippen molar-refractivity contribution in [3.05, 3.63) is 77.7 Å². The van der Waals surface area contributed by atoms with Crippen molar-refractivity contribution in [1.29, 1.82) is 0 Å². The first-order valence-electron chi connectivity index (χ1n) is 7.67. The molecule has 0 aliphatic rings. The van der Waals surface area contributed by atoms with E-state index in [9.17, 15) is 4.79 Å². The Balaban J connectivity index is 1.49.